The number of H-pyrrole nitrogens is 1. The van der Waals surface area contributed by atoms with Crippen LogP contribution in [-0.4, -0.2) is 15.9 Å². The third kappa shape index (κ3) is 2.22. The Morgan fingerprint density at radius 1 is 1.41 bits per heavy atom. The SMILES string of the molecule is Cc1[nH]c2ccccc2c1-c1csc(NC(=O)[C@H]2C[C@@H]2C)n1. The molecule has 0 bridgehead atoms. The molecule has 0 spiro atoms. The minimum absolute atomic E-state index is 0.101. The highest BCUT2D eigenvalue weighted by Crippen LogP contribution is 2.39. The number of rotatable bonds is 3. The lowest BCUT2D eigenvalue weighted by molar-refractivity contribution is -0.117. The van der Waals surface area contributed by atoms with Crippen LogP contribution in [0.3, 0.4) is 0 Å². The molecule has 4 nitrogen and oxygen atoms in total. The molecule has 22 heavy (non-hydrogen) atoms. The summed E-state index contributed by atoms with van der Waals surface area (Å²) in [6.45, 7) is 4.16. The predicted octanol–water partition coefficient (Wildman–Crippen LogP) is 4.19. The van der Waals surface area contributed by atoms with Crippen LogP contribution >= 0.6 is 11.3 Å². The molecule has 0 aliphatic heterocycles. The first-order valence-corrected chi connectivity index (χ1v) is 8.35. The smallest absolute Gasteiger partial charge is 0.229 e. The Kier molecular flexibility index (Phi) is 3.04. The molecule has 0 unspecified atom stereocenters. The van der Waals surface area contributed by atoms with E-state index in [0.717, 1.165) is 28.9 Å². The fourth-order valence-electron chi connectivity index (χ4n) is 2.94. The fourth-order valence-corrected chi connectivity index (χ4v) is 3.64. The Balaban J connectivity index is 1.65. The largest absolute Gasteiger partial charge is 0.358 e. The van der Waals surface area contributed by atoms with Gasteiger partial charge in [-0.3, -0.25) is 4.79 Å². The van der Waals surface area contributed by atoms with Gasteiger partial charge in [-0.05, 0) is 25.3 Å². The van der Waals surface area contributed by atoms with Gasteiger partial charge in [0, 0.05) is 33.5 Å². The lowest BCUT2D eigenvalue weighted by Gasteiger charge is -1.99. The molecule has 1 fully saturated rings. The van der Waals surface area contributed by atoms with E-state index in [1.54, 1.807) is 0 Å². The molecule has 1 amide bonds. The number of nitrogens with zero attached hydrogens (tertiary/aromatic N) is 1. The van der Waals surface area contributed by atoms with Gasteiger partial charge in [0.05, 0.1) is 5.69 Å². The normalized spacial score (nSPS) is 20.3. The zero-order chi connectivity index (χ0) is 15.3. The molecule has 1 saturated carbocycles. The quantitative estimate of drug-likeness (QED) is 0.762. The molecule has 3 aromatic rings. The highest BCUT2D eigenvalue weighted by atomic mass is 32.1. The Bertz CT molecular complexity index is 864. The van der Waals surface area contributed by atoms with E-state index in [-0.39, 0.29) is 11.8 Å². The Morgan fingerprint density at radius 2 is 2.18 bits per heavy atom. The summed E-state index contributed by atoms with van der Waals surface area (Å²) in [6, 6.07) is 8.21. The van der Waals surface area contributed by atoms with Crippen molar-refractivity contribution in [1.82, 2.24) is 9.97 Å². The molecule has 2 aromatic heterocycles. The van der Waals surface area contributed by atoms with Gasteiger partial charge in [-0.1, -0.05) is 25.1 Å². The van der Waals surface area contributed by atoms with Gasteiger partial charge < -0.3 is 10.3 Å². The minimum Gasteiger partial charge on any atom is -0.358 e. The van der Waals surface area contributed by atoms with Crippen molar-refractivity contribution in [2.24, 2.45) is 11.8 Å². The number of fused-ring (bicyclic) bond motifs is 1. The Labute approximate surface area is 132 Å². The molecule has 2 N–H and O–H groups in total. The average molecular weight is 311 g/mol. The fraction of sp³-hybridized carbons (Fsp3) is 0.294. The average Bonchev–Trinajstić information content (AvgIpc) is 2.92. The standard InChI is InChI=1S/C17H17N3OS/c1-9-7-12(9)16(21)20-17-19-14(8-22-17)15-10(2)18-13-6-4-3-5-11(13)15/h3-6,8-9,12,18H,7H2,1-2H3,(H,19,20,21)/t9-,12-/m0/s1. The number of amides is 1. The van der Waals surface area contributed by atoms with Crippen LogP contribution in [0.2, 0.25) is 0 Å². The third-order valence-electron chi connectivity index (χ3n) is 4.33. The molecule has 0 saturated heterocycles. The second kappa shape index (κ2) is 4.95. The van der Waals surface area contributed by atoms with E-state index in [0.29, 0.717) is 11.0 Å². The van der Waals surface area contributed by atoms with Gasteiger partial charge in [-0.15, -0.1) is 11.3 Å². The van der Waals surface area contributed by atoms with Crippen LogP contribution in [0, 0.1) is 18.8 Å². The number of benzene rings is 1. The zero-order valence-electron chi connectivity index (χ0n) is 12.5. The van der Waals surface area contributed by atoms with E-state index < -0.39 is 0 Å². The molecule has 2 heterocycles. The van der Waals surface area contributed by atoms with Crippen molar-refractivity contribution in [2.45, 2.75) is 20.3 Å². The number of carbonyl (C=O) groups excluding carboxylic acids is 1. The lowest BCUT2D eigenvalue weighted by atomic mass is 10.1. The summed E-state index contributed by atoms with van der Waals surface area (Å²) in [5.74, 6) is 0.779. The van der Waals surface area contributed by atoms with E-state index in [4.69, 9.17) is 0 Å². The number of hydrogen-bond donors (Lipinski definition) is 2. The highest BCUT2D eigenvalue weighted by molar-refractivity contribution is 7.14. The zero-order valence-corrected chi connectivity index (χ0v) is 13.3. The molecule has 5 heteroatoms. The van der Waals surface area contributed by atoms with Crippen molar-refractivity contribution in [3.63, 3.8) is 0 Å². The van der Waals surface area contributed by atoms with Gasteiger partial charge >= 0.3 is 0 Å². The van der Waals surface area contributed by atoms with Gasteiger partial charge in [0.25, 0.3) is 0 Å². The van der Waals surface area contributed by atoms with Crippen LogP contribution in [0.1, 0.15) is 19.0 Å². The summed E-state index contributed by atoms with van der Waals surface area (Å²) in [5.41, 5.74) is 4.24. The molecule has 2 atom stereocenters. The maximum atomic E-state index is 12.0. The number of carbonyl (C=O) groups is 1. The Hall–Kier alpha value is -2.14. The molecule has 0 radical (unpaired) electrons. The third-order valence-corrected chi connectivity index (χ3v) is 5.09. The highest BCUT2D eigenvalue weighted by Gasteiger charge is 2.39. The van der Waals surface area contributed by atoms with Crippen molar-refractivity contribution >= 4 is 33.3 Å². The van der Waals surface area contributed by atoms with Crippen molar-refractivity contribution in [3.05, 3.63) is 35.3 Å². The van der Waals surface area contributed by atoms with Crippen LogP contribution < -0.4 is 5.32 Å². The number of hydrogen-bond acceptors (Lipinski definition) is 3. The summed E-state index contributed by atoms with van der Waals surface area (Å²) >= 11 is 1.48. The van der Waals surface area contributed by atoms with Gasteiger partial charge in [0.1, 0.15) is 0 Å². The van der Waals surface area contributed by atoms with E-state index in [1.165, 1.54) is 16.7 Å². The van der Waals surface area contributed by atoms with Gasteiger partial charge in [0.2, 0.25) is 5.91 Å². The van der Waals surface area contributed by atoms with Crippen molar-refractivity contribution in [1.29, 1.82) is 0 Å². The Morgan fingerprint density at radius 3 is 2.95 bits per heavy atom. The molecule has 1 aromatic carbocycles. The minimum atomic E-state index is 0.101. The number of aryl methyl sites for hydroxylation is 1. The van der Waals surface area contributed by atoms with Crippen LogP contribution in [-0.2, 0) is 4.79 Å². The molecular weight excluding hydrogens is 294 g/mol. The first kappa shape index (κ1) is 13.5. The van der Waals surface area contributed by atoms with E-state index in [9.17, 15) is 4.79 Å². The monoisotopic (exact) mass is 311 g/mol. The summed E-state index contributed by atoms with van der Waals surface area (Å²) in [4.78, 5) is 20.0. The molecular formula is C17H17N3OS. The topological polar surface area (TPSA) is 57.8 Å². The van der Waals surface area contributed by atoms with E-state index in [2.05, 4.69) is 41.3 Å². The summed E-state index contributed by atoms with van der Waals surface area (Å²) < 4.78 is 0. The van der Waals surface area contributed by atoms with Crippen molar-refractivity contribution in [3.8, 4) is 11.3 Å². The first-order chi connectivity index (χ1) is 10.6. The van der Waals surface area contributed by atoms with Crippen molar-refractivity contribution in [2.75, 3.05) is 5.32 Å². The second-order valence-electron chi connectivity index (χ2n) is 6.02. The van der Waals surface area contributed by atoms with Crippen molar-refractivity contribution < 1.29 is 4.79 Å². The van der Waals surface area contributed by atoms with Crippen LogP contribution in [0.5, 0.6) is 0 Å². The van der Waals surface area contributed by atoms with E-state index in [1.807, 2.05) is 17.5 Å². The van der Waals surface area contributed by atoms with E-state index >= 15 is 0 Å². The molecule has 4 rings (SSSR count). The second-order valence-corrected chi connectivity index (χ2v) is 6.88. The first-order valence-electron chi connectivity index (χ1n) is 7.47. The number of para-hydroxylation sites is 1. The number of aromatic nitrogens is 2. The summed E-state index contributed by atoms with van der Waals surface area (Å²) in [7, 11) is 0. The van der Waals surface area contributed by atoms with Crippen LogP contribution in [0.4, 0.5) is 5.13 Å². The number of nitrogens with one attached hydrogen (secondary N) is 2. The van der Waals surface area contributed by atoms with Gasteiger partial charge in [0.15, 0.2) is 5.13 Å². The maximum Gasteiger partial charge on any atom is 0.229 e. The predicted molar refractivity (Wildman–Crippen MR) is 90.0 cm³/mol. The van der Waals surface area contributed by atoms with Crippen LogP contribution in [0.25, 0.3) is 22.2 Å². The summed E-state index contributed by atoms with van der Waals surface area (Å²) in [6.07, 6.45) is 0.992. The molecule has 112 valence electrons. The number of anilines is 1. The number of aromatic amines is 1. The maximum absolute atomic E-state index is 12.0. The summed E-state index contributed by atoms with van der Waals surface area (Å²) in [5, 5.41) is 6.80. The lowest BCUT2D eigenvalue weighted by Crippen LogP contribution is -2.14. The van der Waals surface area contributed by atoms with Gasteiger partial charge in [-0.2, -0.15) is 0 Å². The molecule has 1 aliphatic rings. The number of thiazole rings is 1. The molecule has 1 aliphatic carbocycles. The van der Waals surface area contributed by atoms with Gasteiger partial charge in [-0.25, -0.2) is 4.98 Å². The van der Waals surface area contributed by atoms with Crippen LogP contribution in [0.15, 0.2) is 29.6 Å².